The van der Waals surface area contributed by atoms with Crippen molar-refractivity contribution < 1.29 is 9.84 Å². The van der Waals surface area contributed by atoms with E-state index in [0.717, 1.165) is 27.9 Å². The number of hydrogen-bond acceptors (Lipinski definition) is 3. The minimum absolute atomic E-state index is 0.260. The highest BCUT2D eigenvalue weighted by Crippen LogP contribution is 2.23. The molecule has 0 radical (unpaired) electrons. The summed E-state index contributed by atoms with van der Waals surface area (Å²) in [5, 5.41) is 10.4. The quantitative estimate of drug-likeness (QED) is 0.778. The third-order valence-corrected chi connectivity index (χ3v) is 4.47. The Kier molecular flexibility index (Phi) is 4.58. The van der Waals surface area contributed by atoms with Crippen LogP contribution >= 0.6 is 0 Å². The van der Waals surface area contributed by atoms with E-state index in [9.17, 15) is 5.11 Å². The molecule has 0 amide bonds. The molecule has 4 nitrogen and oxygen atoms in total. The van der Waals surface area contributed by atoms with E-state index < -0.39 is 6.10 Å². The van der Waals surface area contributed by atoms with Crippen LogP contribution in [0, 0.1) is 27.7 Å². The first kappa shape index (κ1) is 16.5. The lowest BCUT2D eigenvalue weighted by atomic mass is 10.1. The van der Waals surface area contributed by atoms with Gasteiger partial charge in [-0.25, -0.2) is 4.98 Å². The number of imidazole rings is 1. The molecule has 0 fully saturated rings. The Labute approximate surface area is 142 Å². The van der Waals surface area contributed by atoms with Crippen LogP contribution in [0.25, 0.3) is 11.0 Å². The van der Waals surface area contributed by atoms with Gasteiger partial charge in [-0.15, -0.1) is 0 Å². The molecule has 0 spiro atoms. The molecule has 0 saturated carbocycles. The summed E-state index contributed by atoms with van der Waals surface area (Å²) in [5.74, 6) is 0.860. The molecule has 0 saturated heterocycles. The van der Waals surface area contributed by atoms with Crippen molar-refractivity contribution in [3.05, 3.63) is 58.9 Å². The SMILES string of the molecule is Cc1cc2ncn(CC(O)COc3c(C)cccc3C)c2cc1C. The van der Waals surface area contributed by atoms with Gasteiger partial charge in [0, 0.05) is 0 Å². The predicted octanol–water partition coefficient (Wildman–Crippen LogP) is 3.71. The Morgan fingerprint density at radius 2 is 1.71 bits per heavy atom. The second-order valence-electron chi connectivity index (χ2n) is 6.51. The number of aliphatic hydroxyl groups is 1. The van der Waals surface area contributed by atoms with E-state index in [0.29, 0.717) is 6.54 Å². The van der Waals surface area contributed by atoms with Gasteiger partial charge in [0.05, 0.1) is 23.9 Å². The fraction of sp³-hybridized carbons (Fsp3) is 0.350. The van der Waals surface area contributed by atoms with Gasteiger partial charge in [-0.05, 0) is 62.1 Å². The van der Waals surface area contributed by atoms with Crippen LogP contribution in [-0.4, -0.2) is 27.4 Å². The molecule has 0 aliphatic heterocycles. The molecule has 1 N–H and O–H groups in total. The van der Waals surface area contributed by atoms with Crippen LogP contribution in [0.15, 0.2) is 36.7 Å². The number of benzene rings is 2. The van der Waals surface area contributed by atoms with Crippen LogP contribution in [0.4, 0.5) is 0 Å². The van der Waals surface area contributed by atoms with Crippen LogP contribution < -0.4 is 4.74 Å². The molecule has 1 heterocycles. The minimum Gasteiger partial charge on any atom is -0.490 e. The Bertz CT molecular complexity index is 847. The van der Waals surface area contributed by atoms with Gasteiger partial charge in [-0.3, -0.25) is 0 Å². The lowest BCUT2D eigenvalue weighted by Gasteiger charge is -2.16. The summed E-state index contributed by atoms with van der Waals surface area (Å²) < 4.78 is 7.84. The maximum absolute atomic E-state index is 10.4. The third-order valence-electron chi connectivity index (χ3n) is 4.47. The summed E-state index contributed by atoms with van der Waals surface area (Å²) in [5.41, 5.74) is 6.63. The lowest BCUT2D eigenvalue weighted by Crippen LogP contribution is -2.23. The molecule has 126 valence electrons. The number of aliphatic hydroxyl groups excluding tert-OH is 1. The number of fused-ring (bicyclic) bond motifs is 1. The summed E-state index contributed by atoms with van der Waals surface area (Å²) in [7, 11) is 0. The van der Waals surface area contributed by atoms with Crippen LogP contribution in [0.5, 0.6) is 5.75 Å². The number of hydrogen-bond donors (Lipinski definition) is 1. The molecule has 1 atom stereocenters. The second kappa shape index (κ2) is 6.65. The van der Waals surface area contributed by atoms with Crippen molar-refractivity contribution in [1.29, 1.82) is 0 Å². The van der Waals surface area contributed by atoms with Gasteiger partial charge in [-0.1, -0.05) is 18.2 Å². The smallest absolute Gasteiger partial charge is 0.125 e. The highest BCUT2D eigenvalue weighted by atomic mass is 16.5. The van der Waals surface area contributed by atoms with Crippen molar-refractivity contribution in [3.63, 3.8) is 0 Å². The number of nitrogens with zero attached hydrogens (tertiary/aromatic N) is 2. The summed E-state index contributed by atoms with van der Waals surface area (Å²) in [6, 6.07) is 10.2. The van der Waals surface area contributed by atoms with Gasteiger partial charge < -0.3 is 14.4 Å². The van der Waals surface area contributed by atoms with Gasteiger partial charge in [-0.2, -0.15) is 0 Å². The Morgan fingerprint density at radius 1 is 1.04 bits per heavy atom. The topological polar surface area (TPSA) is 47.3 Å². The standard InChI is InChI=1S/C20H24N2O2/c1-13-6-5-7-14(2)20(13)24-11-17(23)10-22-12-21-18-8-15(3)16(4)9-19(18)22/h5-9,12,17,23H,10-11H2,1-4H3. The van der Waals surface area contributed by atoms with E-state index in [1.54, 1.807) is 6.33 Å². The fourth-order valence-electron chi connectivity index (χ4n) is 2.94. The zero-order valence-corrected chi connectivity index (χ0v) is 14.7. The van der Waals surface area contributed by atoms with E-state index >= 15 is 0 Å². The average molecular weight is 324 g/mol. The highest BCUT2D eigenvalue weighted by molar-refractivity contribution is 5.77. The van der Waals surface area contributed by atoms with Crippen molar-refractivity contribution in [1.82, 2.24) is 9.55 Å². The zero-order chi connectivity index (χ0) is 17.3. The van der Waals surface area contributed by atoms with Crippen molar-refractivity contribution >= 4 is 11.0 Å². The molecule has 0 bridgehead atoms. The number of para-hydroxylation sites is 1. The van der Waals surface area contributed by atoms with Gasteiger partial charge in [0.2, 0.25) is 0 Å². The van der Waals surface area contributed by atoms with E-state index in [4.69, 9.17) is 4.74 Å². The molecule has 0 aliphatic rings. The molecule has 3 aromatic rings. The normalized spacial score (nSPS) is 12.5. The number of rotatable bonds is 5. The number of aromatic nitrogens is 2. The lowest BCUT2D eigenvalue weighted by molar-refractivity contribution is 0.0927. The Hall–Kier alpha value is -2.33. The third kappa shape index (κ3) is 3.29. The minimum atomic E-state index is -0.594. The molecular weight excluding hydrogens is 300 g/mol. The number of ether oxygens (including phenoxy) is 1. The first-order chi connectivity index (χ1) is 11.5. The molecule has 24 heavy (non-hydrogen) atoms. The molecule has 2 aromatic carbocycles. The maximum Gasteiger partial charge on any atom is 0.125 e. The second-order valence-corrected chi connectivity index (χ2v) is 6.51. The monoisotopic (exact) mass is 324 g/mol. The average Bonchev–Trinajstić information content (AvgIpc) is 2.89. The van der Waals surface area contributed by atoms with Gasteiger partial charge in [0.15, 0.2) is 0 Å². The molecule has 3 rings (SSSR count). The first-order valence-electron chi connectivity index (χ1n) is 8.25. The van der Waals surface area contributed by atoms with E-state index in [-0.39, 0.29) is 6.61 Å². The van der Waals surface area contributed by atoms with Gasteiger partial charge in [0.25, 0.3) is 0 Å². The van der Waals surface area contributed by atoms with Gasteiger partial charge in [0.1, 0.15) is 18.5 Å². The first-order valence-corrected chi connectivity index (χ1v) is 8.25. The zero-order valence-electron chi connectivity index (χ0n) is 14.7. The molecule has 1 unspecified atom stereocenters. The Balaban J connectivity index is 1.71. The number of aryl methyl sites for hydroxylation is 4. The van der Waals surface area contributed by atoms with E-state index in [2.05, 4.69) is 31.0 Å². The molecule has 1 aromatic heterocycles. The van der Waals surface area contributed by atoms with Crippen LogP contribution in [0.1, 0.15) is 22.3 Å². The highest BCUT2D eigenvalue weighted by Gasteiger charge is 2.12. The molecule has 0 aliphatic carbocycles. The van der Waals surface area contributed by atoms with Crippen molar-refractivity contribution in [3.8, 4) is 5.75 Å². The van der Waals surface area contributed by atoms with Gasteiger partial charge >= 0.3 is 0 Å². The van der Waals surface area contributed by atoms with E-state index in [1.165, 1.54) is 11.1 Å². The maximum atomic E-state index is 10.4. The van der Waals surface area contributed by atoms with Crippen LogP contribution in [0.3, 0.4) is 0 Å². The summed E-state index contributed by atoms with van der Waals surface area (Å²) >= 11 is 0. The van der Waals surface area contributed by atoms with Crippen molar-refractivity contribution in [2.45, 2.75) is 40.3 Å². The summed E-state index contributed by atoms with van der Waals surface area (Å²) in [6.07, 6.45) is 1.19. The van der Waals surface area contributed by atoms with Crippen LogP contribution in [-0.2, 0) is 6.54 Å². The fourth-order valence-corrected chi connectivity index (χ4v) is 2.94. The largest absolute Gasteiger partial charge is 0.490 e. The van der Waals surface area contributed by atoms with Crippen molar-refractivity contribution in [2.24, 2.45) is 0 Å². The molecular formula is C20H24N2O2. The summed E-state index contributed by atoms with van der Waals surface area (Å²) in [6.45, 7) is 8.93. The van der Waals surface area contributed by atoms with E-state index in [1.807, 2.05) is 36.6 Å². The van der Waals surface area contributed by atoms with Crippen molar-refractivity contribution in [2.75, 3.05) is 6.61 Å². The van der Waals surface area contributed by atoms with Crippen LogP contribution in [0.2, 0.25) is 0 Å². The predicted molar refractivity (Wildman–Crippen MR) is 96.6 cm³/mol. The molecule has 4 heteroatoms. The summed E-state index contributed by atoms with van der Waals surface area (Å²) in [4.78, 5) is 4.43. The Morgan fingerprint density at radius 3 is 2.42 bits per heavy atom.